The molecule has 0 aromatic carbocycles. The molecule has 1 aromatic rings. The molecule has 1 N–H and O–H groups in total. The van der Waals surface area contributed by atoms with Crippen molar-refractivity contribution < 1.29 is 9.59 Å². The average molecular weight is 369 g/mol. The summed E-state index contributed by atoms with van der Waals surface area (Å²) in [7, 11) is 0. The van der Waals surface area contributed by atoms with E-state index in [0.717, 1.165) is 36.4 Å². The second-order valence-corrected chi connectivity index (χ2v) is 8.91. The van der Waals surface area contributed by atoms with Crippen molar-refractivity contribution in [2.75, 3.05) is 11.1 Å². The highest BCUT2D eigenvalue weighted by atomic mass is 32.2. The Morgan fingerprint density at radius 2 is 1.83 bits per heavy atom. The van der Waals surface area contributed by atoms with E-state index in [2.05, 4.69) is 29.4 Å². The van der Waals surface area contributed by atoms with E-state index in [4.69, 9.17) is 0 Å². The number of carbonyl (C=O) groups excluding carboxylic acids is 2. The van der Waals surface area contributed by atoms with Crippen LogP contribution in [0.25, 0.3) is 0 Å². The summed E-state index contributed by atoms with van der Waals surface area (Å²) in [5.74, 6) is 0.712. The van der Waals surface area contributed by atoms with Gasteiger partial charge >= 0.3 is 0 Å². The Bertz CT molecular complexity index is 593. The van der Waals surface area contributed by atoms with Gasteiger partial charge in [-0.15, -0.1) is 10.2 Å². The van der Waals surface area contributed by atoms with Crippen molar-refractivity contribution in [3.63, 3.8) is 0 Å². The van der Waals surface area contributed by atoms with Crippen molar-refractivity contribution in [2.45, 2.75) is 68.8 Å². The van der Waals surface area contributed by atoms with Gasteiger partial charge in [0.2, 0.25) is 16.9 Å². The number of nitrogens with one attached hydrogen (secondary N) is 1. The fourth-order valence-electron chi connectivity index (χ4n) is 3.31. The molecule has 24 heavy (non-hydrogen) atoms. The van der Waals surface area contributed by atoms with Crippen LogP contribution in [0.5, 0.6) is 0 Å². The minimum Gasteiger partial charge on any atom is -0.337 e. The van der Waals surface area contributed by atoms with Crippen LogP contribution >= 0.6 is 23.1 Å². The van der Waals surface area contributed by atoms with Gasteiger partial charge in [0.05, 0.1) is 5.75 Å². The number of carbonyl (C=O) groups is 2. The van der Waals surface area contributed by atoms with E-state index in [1.54, 1.807) is 0 Å². The first-order valence-electron chi connectivity index (χ1n) is 8.63. The van der Waals surface area contributed by atoms with Gasteiger partial charge in [-0.1, -0.05) is 29.5 Å². The predicted octanol–water partition coefficient (Wildman–Crippen LogP) is 3.16. The summed E-state index contributed by atoms with van der Waals surface area (Å²) in [5.41, 5.74) is 0. The molecule has 1 aromatic heterocycles. The van der Waals surface area contributed by atoms with E-state index in [0.29, 0.717) is 23.0 Å². The van der Waals surface area contributed by atoms with Crippen LogP contribution in [0.3, 0.4) is 0 Å². The molecule has 1 saturated heterocycles. The highest BCUT2D eigenvalue weighted by molar-refractivity contribution is 8.01. The monoisotopic (exact) mass is 368 g/mol. The molecular formula is C16H24N4O2S2. The van der Waals surface area contributed by atoms with Crippen molar-refractivity contribution in [1.82, 2.24) is 15.1 Å². The second-order valence-electron chi connectivity index (χ2n) is 6.71. The van der Waals surface area contributed by atoms with E-state index in [9.17, 15) is 9.59 Å². The third kappa shape index (κ3) is 4.08. The van der Waals surface area contributed by atoms with E-state index < -0.39 is 0 Å². The number of amides is 2. The van der Waals surface area contributed by atoms with E-state index in [1.165, 1.54) is 29.5 Å². The van der Waals surface area contributed by atoms with Crippen molar-refractivity contribution in [1.29, 1.82) is 0 Å². The number of piperidine rings is 1. The lowest BCUT2D eigenvalue weighted by atomic mass is 9.85. The van der Waals surface area contributed by atoms with Crippen LogP contribution in [0.2, 0.25) is 0 Å². The van der Waals surface area contributed by atoms with E-state index in [1.807, 2.05) is 4.90 Å². The smallest absolute Gasteiger partial charge is 0.233 e. The van der Waals surface area contributed by atoms with Crippen molar-refractivity contribution in [3.05, 3.63) is 0 Å². The molecule has 132 valence electrons. The molecule has 2 amide bonds. The van der Waals surface area contributed by atoms with Crippen LogP contribution in [0.1, 0.15) is 52.4 Å². The molecule has 2 atom stereocenters. The van der Waals surface area contributed by atoms with Crippen LogP contribution in [-0.4, -0.2) is 44.7 Å². The summed E-state index contributed by atoms with van der Waals surface area (Å²) in [5, 5.41) is 11.4. The number of rotatable bonds is 5. The molecular weight excluding hydrogens is 344 g/mol. The first-order valence-corrected chi connectivity index (χ1v) is 10.4. The van der Waals surface area contributed by atoms with Crippen LogP contribution in [0.4, 0.5) is 5.13 Å². The standard InChI is InChI=1S/C16H24N4O2S2/c1-10-5-3-6-11(2)20(10)13(21)9-23-16-19-18-15(24-16)17-14(22)12-7-4-8-12/h10-12H,3-9H2,1-2H3,(H,17,18,22). The fourth-order valence-corrected chi connectivity index (χ4v) is 4.93. The maximum absolute atomic E-state index is 12.5. The molecule has 1 aliphatic carbocycles. The fraction of sp³-hybridized carbons (Fsp3) is 0.750. The van der Waals surface area contributed by atoms with Gasteiger partial charge in [-0.05, 0) is 46.0 Å². The number of thioether (sulfide) groups is 1. The molecule has 0 bridgehead atoms. The van der Waals surface area contributed by atoms with E-state index >= 15 is 0 Å². The second kappa shape index (κ2) is 7.82. The lowest BCUT2D eigenvalue weighted by Gasteiger charge is -2.39. The SMILES string of the molecule is CC1CCCC(C)N1C(=O)CSc1nnc(NC(=O)C2CCC2)s1. The Labute approximate surface area is 150 Å². The Balaban J connectivity index is 1.49. The lowest BCUT2D eigenvalue weighted by molar-refractivity contribution is -0.134. The first-order chi connectivity index (χ1) is 11.5. The Morgan fingerprint density at radius 3 is 2.46 bits per heavy atom. The van der Waals surface area contributed by atoms with Gasteiger partial charge in [0.15, 0.2) is 4.34 Å². The summed E-state index contributed by atoms with van der Waals surface area (Å²) < 4.78 is 0.726. The Morgan fingerprint density at radius 1 is 1.17 bits per heavy atom. The number of nitrogens with zero attached hydrogens (tertiary/aromatic N) is 3. The number of aromatic nitrogens is 2. The van der Waals surface area contributed by atoms with Crippen LogP contribution in [0, 0.1) is 5.92 Å². The largest absolute Gasteiger partial charge is 0.337 e. The van der Waals surface area contributed by atoms with Crippen molar-refractivity contribution in [2.24, 2.45) is 5.92 Å². The third-order valence-electron chi connectivity index (χ3n) is 4.91. The number of hydrogen-bond acceptors (Lipinski definition) is 6. The van der Waals surface area contributed by atoms with Gasteiger partial charge in [-0.3, -0.25) is 9.59 Å². The van der Waals surface area contributed by atoms with Gasteiger partial charge in [-0.25, -0.2) is 0 Å². The molecule has 2 fully saturated rings. The van der Waals surface area contributed by atoms with Gasteiger partial charge in [0.1, 0.15) is 0 Å². The molecule has 1 saturated carbocycles. The highest BCUT2D eigenvalue weighted by Crippen LogP contribution is 2.30. The maximum Gasteiger partial charge on any atom is 0.233 e. The number of anilines is 1. The van der Waals surface area contributed by atoms with Gasteiger partial charge in [-0.2, -0.15) is 0 Å². The molecule has 0 spiro atoms. The Kier molecular flexibility index (Phi) is 5.76. The molecule has 2 aliphatic rings. The third-order valence-corrected chi connectivity index (χ3v) is 6.87. The van der Waals surface area contributed by atoms with Crippen LogP contribution in [-0.2, 0) is 9.59 Å². The molecule has 6 nitrogen and oxygen atoms in total. The van der Waals surface area contributed by atoms with Gasteiger partial charge in [0, 0.05) is 18.0 Å². The molecule has 0 radical (unpaired) electrons. The summed E-state index contributed by atoms with van der Waals surface area (Å²) in [6, 6.07) is 0.627. The molecule has 1 aliphatic heterocycles. The zero-order valence-electron chi connectivity index (χ0n) is 14.2. The molecule has 3 rings (SSSR count). The normalized spacial score (nSPS) is 24.5. The quantitative estimate of drug-likeness (QED) is 0.638. The van der Waals surface area contributed by atoms with E-state index in [-0.39, 0.29) is 17.7 Å². The van der Waals surface area contributed by atoms with Crippen LogP contribution < -0.4 is 5.32 Å². The first kappa shape index (κ1) is 17.7. The molecule has 2 heterocycles. The van der Waals surface area contributed by atoms with Crippen molar-refractivity contribution in [3.8, 4) is 0 Å². The minimum absolute atomic E-state index is 0.0426. The average Bonchev–Trinajstić information content (AvgIpc) is 2.90. The van der Waals surface area contributed by atoms with Gasteiger partial charge in [0.25, 0.3) is 0 Å². The summed E-state index contributed by atoms with van der Waals surface area (Å²) in [6.07, 6.45) is 6.41. The lowest BCUT2D eigenvalue weighted by Crippen LogP contribution is -2.48. The summed E-state index contributed by atoms with van der Waals surface area (Å²) in [4.78, 5) is 26.4. The zero-order valence-corrected chi connectivity index (χ0v) is 15.8. The number of hydrogen-bond donors (Lipinski definition) is 1. The molecule has 8 heteroatoms. The molecule has 2 unspecified atom stereocenters. The predicted molar refractivity (Wildman–Crippen MR) is 96.2 cm³/mol. The minimum atomic E-state index is 0.0426. The van der Waals surface area contributed by atoms with Crippen molar-refractivity contribution >= 4 is 40.0 Å². The number of likely N-dealkylation sites (tertiary alicyclic amines) is 1. The highest BCUT2D eigenvalue weighted by Gasteiger charge is 2.29. The zero-order chi connectivity index (χ0) is 17.1. The Hall–Kier alpha value is -1.15. The topological polar surface area (TPSA) is 75.2 Å². The van der Waals surface area contributed by atoms with Crippen LogP contribution in [0.15, 0.2) is 4.34 Å². The maximum atomic E-state index is 12.5. The van der Waals surface area contributed by atoms with Gasteiger partial charge < -0.3 is 10.2 Å². The summed E-state index contributed by atoms with van der Waals surface area (Å²) >= 11 is 2.75. The summed E-state index contributed by atoms with van der Waals surface area (Å²) in [6.45, 7) is 4.24.